The van der Waals surface area contributed by atoms with Gasteiger partial charge in [0.2, 0.25) is 0 Å². The molecule has 1 aliphatic rings. The van der Waals surface area contributed by atoms with E-state index >= 15 is 0 Å². The SMILES string of the molecule is COc1cc(F)c2c(ccn2C2CC2N(C)C)c1. The van der Waals surface area contributed by atoms with Gasteiger partial charge < -0.3 is 14.2 Å². The summed E-state index contributed by atoms with van der Waals surface area (Å²) in [5.74, 6) is 0.358. The molecule has 3 rings (SSSR count). The molecule has 0 radical (unpaired) electrons. The van der Waals surface area contributed by atoms with Gasteiger partial charge in [0.1, 0.15) is 5.75 Å². The second-order valence-electron chi connectivity index (χ2n) is 5.10. The molecule has 0 saturated heterocycles. The molecule has 1 saturated carbocycles. The number of rotatable bonds is 3. The topological polar surface area (TPSA) is 17.4 Å². The third kappa shape index (κ3) is 1.68. The first-order valence-corrected chi connectivity index (χ1v) is 6.12. The highest BCUT2D eigenvalue weighted by Gasteiger charge is 2.41. The van der Waals surface area contributed by atoms with Crippen molar-refractivity contribution in [2.45, 2.75) is 18.5 Å². The van der Waals surface area contributed by atoms with Gasteiger partial charge in [-0.25, -0.2) is 4.39 Å². The first-order chi connectivity index (χ1) is 8.61. The number of aromatic nitrogens is 1. The van der Waals surface area contributed by atoms with Crippen molar-refractivity contribution in [3.63, 3.8) is 0 Å². The van der Waals surface area contributed by atoms with Gasteiger partial charge in [0.15, 0.2) is 5.82 Å². The fraction of sp³-hybridized carbons (Fsp3) is 0.429. The quantitative estimate of drug-likeness (QED) is 0.831. The maximum atomic E-state index is 14.1. The standard InChI is InChI=1S/C14H17FN2O/c1-16(2)12-8-13(12)17-5-4-9-6-10(18-3)7-11(15)14(9)17/h4-7,12-13H,8H2,1-3H3. The zero-order valence-corrected chi connectivity index (χ0v) is 10.9. The molecule has 0 aliphatic heterocycles. The Morgan fingerprint density at radius 3 is 2.78 bits per heavy atom. The monoisotopic (exact) mass is 248 g/mol. The maximum Gasteiger partial charge on any atom is 0.151 e. The summed E-state index contributed by atoms with van der Waals surface area (Å²) in [5, 5.41) is 0.899. The van der Waals surface area contributed by atoms with Crippen molar-refractivity contribution >= 4 is 10.9 Å². The molecule has 3 nitrogen and oxygen atoms in total. The minimum atomic E-state index is -0.209. The second-order valence-corrected chi connectivity index (χ2v) is 5.10. The van der Waals surface area contributed by atoms with E-state index in [1.54, 1.807) is 7.11 Å². The molecule has 1 heterocycles. The summed E-state index contributed by atoms with van der Waals surface area (Å²) in [6.07, 6.45) is 3.06. The molecule has 1 fully saturated rings. The Morgan fingerprint density at radius 1 is 1.39 bits per heavy atom. The summed E-state index contributed by atoms with van der Waals surface area (Å²) in [7, 11) is 5.69. The molecule has 18 heavy (non-hydrogen) atoms. The largest absolute Gasteiger partial charge is 0.497 e. The molecule has 0 bridgehead atoms. The average molecular weight is 248 g/mol. The Hall–Kier alpha value is -1.55. The number of benzene rings is 1. The number of ether oxygens (including phenoxy) is 1. The van der Waals surface area contributed by atoms with E-state index in [4.69, 9.17) is 4.74 Å². The number of methoxy groups -OCH3 is 1. The van der Waals surface area contributed by atoms with Crippen molar-refractivity contribution in [2.75, 3.05) is 21.2 Å². The lowest BCUT2D eigenvalue weighted by Crippen LogP contribution is -2.17. The smallest absolute Gasteiger partial charge is 0.151 e. The van der Waals surface area contributed by atoms with Gasteiger partial charge in [-0.3, -0.25) is 0 Å². The van der Waals surface area contributed by atoms with Crippen LogP contribution < -0.4 is 4.74 Å². The lowest BCUT2D eigenvalue weighted by atomic mass is 10.2. The Kier molecular flexibility index (Phi) is 2.55. The van der Waals surface area contributed by atoms with Gasteiger partial charge in [-0.05, 0) is 32.6 Å². The van der Waals surface area contributed by atoms with Crippen LogP contribution in [0, 0.1) is 5.82 Å². The highest BCUT2D eigenvalue weighted by Crippen LogP contribution is 2.42. The van der Waals surface area contributed by atoms with Gasteiger partial charge in [0.05, 0.1) is 18.7 Å². The van der Waals surface area contributed by atoms with Gasteiger partial charge in [0.25, 0.3) is 0 Å². The van der Waals surface area contributed by atoms with E-state index < -0.39 is 0 Å². The van der Waals surface area contributed by atoms with E-state index in [0.717, 1.165) is 11.8 Å². The van der Waals surface area contributed by atoms with Crippen LogP contribution in [0.25, 0.3) is 10.9 Å². The zero-order valence-electron chi connectivity index (χ0n) is 10.9. The van der Waals surface area contributed by atoms with Crippen molar-refractivity contribution in [1.82, 2.24) is 9.47 Å². The summed E-state index contributed by atoms with van der Waals surface area (Å²) in [4.78, 5) is 2.19. The second kappa shape index (κ2) is 3.99. The minimum absolute atomic E-state index is 0.209. The molecule has 0 spiro atoms. The van der Waals surface area contributed by atoms with Crippen LogP contribution in [0.5, 0.6) is 5.75 Å². The molecule has 1 aromatic heterocycles. The first kappa shape index (κ1) is 11.5. The molecule has 1 aromatic carbocycles. The van der Waals surface area contributed by atoms with E-state index in [2.05, 4.69) is 23.6 Å². The van der Waals surface area contributed by atoms with Crippen molar-refractivity contribution in [1.29, 1.82) is 0 Å². The molecule has 1 aliphatic carbocycles. The van der Waals surface area contributed by atoms with Gasteiger partial charge in [-0.1, -0.05) is 0 Å². The molecular formula is C14H17FN2O. The molecular weight excluding hydrogens is 231 g/mol. The lowest BCUT2D eigenvalue weighted by Gasteiger charge is -2.11. The molecule has 0 amide bonds. The van der Waals surface area contributed by atoms with Gasteiger partial charge in [0, 0.05) is 23.7 Å². The first-order valence-electron chi connectivity index (χ1n) is 6.12. The van der Waals surface area contributed by atoms with Crippen molar-refractivity contribution in [3.8, 4) is 5.75 Å². The van der Waals surface area contributed by atoms with Crippen LogP contribution in [0.15, 0.2) is 24.4 Å². The molecule has 4 heteroatoms. The Bertz CT molecular complexity index is 591. The minimum Gasteiger partial charge on any atom is -0.497 e. The summed E-state index contributed by atoms with van der Waals surface area (Å²) in [6.45, 7) is 0. The molecule has 2 unspecified atom stereocenters. The van der Waals surface area contributed by atoms with Crippen LogP contribution in [0.4, 0.5) is 4.39 Å². The Labute approximate surface area is 106 Å². The Balaban J connectivity index is 2.05. The normalized spacial score (nSPS) is 22.7. The molecule has 96 valence electrons. The number of halogens is 1. The number of hydrogen-bond donors (Lipinski definition) is 0. The predicted molar refractivity (Wildman–Crippen MR) is 69.6 cm³/mol. The number of likely N-dealkylation sites (N-methyl/N-ethyl adjacent to an activating group) is 1. The van der Waals surface area contributed by atoms with E-state index in [9.17, 15) is 4.39 Å². The highest BCUT2D eigenvalue weighted by molar-refractivity contribution is 5.82. The van der Waals surface area contributed by atoms with Crippen LogP contribution >= 0.6 is 0 Å². The summed E-state index contributed by atoms with van der Waals surface area (Å²) in [5.41, 5.74) is 0.685. The van der Waals surface area contributed by atoms with Crippen molar-refractivity contribution in [3.05, 3.63) is 30.2 Å². The van der Waals surface area contributed by atoms with Crippen LogP contribution in [0.2, 0.25) is 0 Å². The summed E-state index contributed by atoms with van der Waals surface area (Å²) < 4.78 is 21.3. The van der Waals surface area contributed by atoms with Crippen LogP contribution in [-0.4, -0.2) is 36.7 Å². The zero-order chi connectivity index (χ0) is 12.9. The number of nitrogens with zero attached hydrogens (tertiary/aromatic N) is 2. The van der Waals surface area contributed by atoms with Gasteiger partial charge >= 0.3 is 0 Å². The van der Waals surface area contributed by atoms with E-state index in [1.807, 2.05) is 18.3 Å². The molecule has 0 N–H and O–H groups in total. The number of fused-ring (bicyclic) bond motifs is 1. The Morgan fingerprint density at radius 2 is 2.17 bits per heavy atom. The van der Waals surface area contributed by atoms with Crippen molar-refractivity contribution in [2.24, 2.45) is 0 Å². The molecule has 2 atom stereocenters. The average Bonchev–Trinajstić information content (AvgIpc) is 3.02. The number of hydrogen-bond acceptors (Lipinski definition) is 2. The van der Waals surface area contributed by atoms with E-state index in [0.29, 0.717) is 23.3 Å². The van der Waals surface area contributed by atoms with E-state index in [1.165, 1.54) is 6.07 Å². The maximum absolute atomic E-state index is 14.1. The fourth-order valence-corrected chi connectivity index (χ4v) is 2.65. The lowest BCUT2D eigenvalue weighted by molar-refractivity contribution is 0.377. The highest BCUT2D eigenvalue weighted by atomic mass is 19.1. The van der Waals surface area contributed by atoms with Gasteiger partial charge in [-0.2, -0.15) is 0 Å². The third-order valence-corrected chi connectivity index (χ3v) is 3.72. The van der Waals surface area contributed by atoms with Gasteiger partial charge in [-0.15, -0.1) is 0 Å². The third-order valence-electron chi connectivity index (χ3n) is 3.72. The fourth-order valence-electron chi connectivity index (χ4n) is 2.65. The molecule has 2 aromatic rings. The predicted octanol–water partition coefficient (Wildman–Crippen LogP) is 2.66. The van der Waals surface area contributed by atoms with Crippen molar-refractivity contribution < 1.29 is 9.13 Å². The summed E-state index contributed by atoms with van der Waals surface area (Å²) >= 11 is 0. The summed E-state index contributed by atoms with van der Waals surface area (Å²) in [6, 6.07) is 6.18. The van der Waals surface area contributed by atoms with Crippen LogP contribution in [0.1, 0.15) is 12.5 Å². The van der Waals surface area contributed by atoms with Crippen LogP contribution in [-0.2, 0) is 0 Å². The van der Waals surface area contributed by atoms with E-state index in [-0.39, 0.29) is 5.82 Å². The van der Waals surface area contributed by atoms with Crippen LogP contribution in [0.3, 0.4) is 0 Å².